The van der Waals surface area contributed by atoms with Gasteiger partial charge in [-0.2, -0.15) is 0 Å². The van der Waals surface area contributed by atoms with E-state index in [2.05, 4.69) is 93.3 Å². The number of amides is 4. The van der Waals surface area contributed by atoms with Crippen LogP contribution in [0.25, 0.3) is 0 Å². The number of nitrogens with one attached hydrogen (secondary N) is 4. The predicted octanol–water partition coefficient (Wildman–Crippen LogP) is 8.40. The van der Waals surface area contributed by atoms with Gasteiger partial charge in [-0.3, -0.25) is 19.2 Å². The van der Waals surface area contributed by atoms with Gasteiger partial charge in [0, 0.05) is 58.0 Å². The summed E-state index contributed by atoms with van der Waals surface area (Å²) < 4.78 is 10.4. The smallest absolute Gasteiger partial charge is 0.294 e. The maximum Gasteiger partial charge on any atom is 0.294 e. The molecule has 0 heterocycles. The van der Waals surface area contributed by atoms with E-state index in [1.807, 2.05) is 13.8 Å². The number of unbranched alkanes of at least 4 members (excludes halogenated alkanes) is 3. The van der Waals surface area contributed by atoms with Crippen molar-refractivity contribution in [2.45, 2.75) is 186 Å². The monoisotopic (exact) mass is 923 g/mol. The SMILES string of the molecule is CC(C)CCNC(=O)CCOCC(C)CO[N+](=O)[O-].CCC(CCCC(=O)NCCC(C)C)O[N+](=O)[O-].CCCCCCC(=O)NCCC(C)C.CCCOCC(=O)NCCC(C)C. The molecule has 2 atom stereocenters. The first kappa shape index (κ1) is 66.8. The molecule has 0 aromatic rings. The molecular weight excluding hydrogens is 829 g/mol. The molecule has 4 N–H and O–H groups in total. The second-order valence-electron chi connectivity index (χ2n) is 17.7. The maximum atomic E-state index is 11.4. The Labute approximate surface area is 387 Å². The Morgan fingerprint density at radius 2 is 0.953 bits per heavy atom. The van der Waals surface area contributed by atoms with Crippen LogP contribution in [0.2, 0.25) is 0 Å². The Bertz CT molecular complexity index is 1140. The van der Waals surface area contributed by atoms with Gasteiger partial charge in [-0.05, 0) is 81.5 Å². The third kappa shape index (κ3) is 62.5. The molecular formula is C46H94N6O12. The fourth-order valence-electron chi connectivity index (χ4n) is 4.97. The Morgan fingerprint density at radius 1 is 0.500 bits per heavy atom. The highest BCUT2D eigenvalue weighted by molar-refractivity contribution is 5.77. The molecule has 0 aliphatic carbocycles. The summed E-state index contributed by atoms with van der Waals surface area (Å²) in [6.45, 7) is 29.4. The molecule has 380 valence electrons. The van der Waals surface area contributed by atoms with E-state index < -0.39 is 16.3 Å². The number of hydrogen-bond acceptors (Lipinski definition) is 12. The van der Waals surface area contributed by atoms with Crippen molar-refractivity contribution >= 4 is 23.6 Å². The minimum Gasteiger partial charge on any atom is -0.381 e. The topological polar surface area (TPSA) is 240 Å². The summed E-state index contributed by atoms with van der Waals surface area (Å²) in [7, 11) is 0. The fourth-order valence-corrected chi connectivity index (χ4v) is 4.97. The molecule has 0 fully saturated rings. The number of carbonyl (C=O) groups is 4. The molecule has 0 bridgehead atoms. The van der Waals surface area contributed by atoms with Crippen LogP contribution in [0.15, 0.2) is 0 Å². The number of carbonyl (C=O) groups excluding carboxylic acids is 4. The highest BCUT2D eigenvalue weighted by atomic mass is 17.0. The first-order valence-electron chi connectivity index (χ1n) is 24.0. The quantitative estimate of drug-likeness (QED) is 0.0263. The van der Waals surface area contributed by atoms with Crippen LogP contribution in [0, 0.1) is 49.8 Å². The lowest BCUT2D eigenvalue weighted by Gasteiger charge is -2.12. The van der Waals surface area contributed by atoms with E-state index >= 15 is 0 Å². The molecule has 0 radical (unpaired) electrons. The van der Waals surface area contributed by atoms with E-state index in [1.54, 1.807) is 6.92 Å². The zero-order chi connectivity index (χ0) is 49.6. The second-order valence-corrected chi connectivity index (χ2v) is 17.7. The lowest BCUT2D eigenvalue weighted by molar-refractivity contribution is -0.768. The molecule has 0 aromatic carbocycles. The lowest BCUT2D eigenvalue weighted by atomic mass is 10.1. The summed E-state index contributed by atoms with van der Waals surface area (Å²) in [4.78, 5) is 74.0. The number of hydrogen-bond donors (Lipinski definition) is 4. The summed E-state index contributed by atoms with van der Waals surface area (Å²) >= 11 is 0. The molecule has 0 spiro atoms. The largest absolute Gasteiger partial charge is 0.381 e. The second kappa shape index (κ2) is 48.7. The highest BCUT2D eigenvalue weighted by Gasteiger charge is 2.12. The zero-order valence-electron chi connectivity index (χ0n) is 42.2. The molecule has 2 unspecified atom stereocenters. The third-order valence-electron chi connectivity index (χ3n) is 8.98. The van der Waals surface area contributed by atoms with Gasteiger partial charge in [0.2, 0.25) is 23.6 Å². The molecule has 0 saturated carbocycles. The molecule has 0 rings (SSSR count). The first-order chi connectivity index (χ1) is 30.2. The van der Waals surface area contributed by atoms with Crippen molar-refractivity contribution in [3.05, 3.63) is 20.2 Å². The third-order valence-corrected chi connectivity index (χ3v) is 8.98. The average molecular weight is 923 g/mol. The van der Waals surface area contributed by atoms with Crippen molar-refractivity contribution in [2.75, 3.05) is 59.2 Å². The van der Waals surface area contributed by atoms with Crippen molar-refractivity contribution in [3.63, 3.8) is 0 Å². The molecule has 18 heteroatoms. The summed E-state index contributed by atoms with van der Waals surface area (Å²) in [5.41, 5.74) is 0. The molecule has 18 nitrogen and oxygen atoms in total. The van der Waals surface area contributed by atoms with Gasteiger partial charge < -0.3 is 40.4 Å². The van der Waals surface area contributed by atoms with E-state index in [9.17, 15) is 39.4 Å². The normalized spacial score (nSPS) is 11.5. The van der Waals surface area contributed by atoms with Crippen LogP contribution < -0.4 is 21.3 Å². The number of rotatable bonds is 36. The lowest BCUT2D eigenvalue weighted by Crippen LogP contribution is -2.29. The molecule has 0 aromatic heterocycles. The first-order valence-corrected chi connectivity index (χ1v) is 24.0. The minimum atomic E-state index is -0.821. The van der Waals surface area contributed by atoms with Gasteiger partial charge >= 0.3 is 0 Å². The Hall–Kier alpha value is -3.80. The Kier molecular flexibility index (Phi) is 50.8. The van der Waals surface area contributed by atoms with E-state index in [-0.39, 0.29) is 42.8 Å². The van der Waals surface area contributed by atoms with Crippen LogP contribution >= 0.6 is 0 Å². The van der Waals surface area contributed by atoms with Crippen molar-refractivity contribution < 1.29 is 48.5 Å². The average Bonchev–Trinajstić information content (AvgIpc) is 3.20. The molecule has 0 aliphatic heterocycles. The number of ether oxygens (including phenoxy) is 2. The summed E-state index contributed by atoms with van der Waals surface area (Å²) in [5, 5.41) is 30.0. The minimum absolute atomic E-state index is 0.00546. The van der Waals surface area contributed by atoms with Crippen LogP contribution in [0.3, 0.4) is 0 Å². The van der Waals surface area contributed by atoms with Crippen molar-refractivity contribution in [3.8, 4) is 0 Å². The molecule has 4 amide bonds. The van der Waals surface area contributed by atoms with E-state index in [1.165, 1.54) is 19.3 Å². The van der Waals surface area contributed by atoms with Crippen LogP contribution in [-0.2, 0) is 38.3 Å². The van der Waals surface area contributed by atoms with Gasteiger partial charge in [0.05, 0.1) is 13.2 Å². The van der Waals surface area contributed by atoms with E-state index in [4.69, 9.17) is 9.47 Å². The van der Waals surface area contributed by atoms with Crippen molar-refractivity contribution in [1.82, 2.24) is 21.3 Å². The highest BCUT2D eigenvalue weighted by Crippen LogP contribution is 2.09. The summed E-state index contributed by atoms with van der Waals surface area (Å²) in [6, 6.07) is 0. The standard InChI is InChI=1S/C12H24N2O5.C12H24N2O4.C12H25NO.C10H21NO2/c1-10(2)4-6-13-12(15)5-7-18-8-11(3)9-19-14(16)17;1-4-11(18-14(16)17)6-5-7-12(15)13-9-8-10(2)3;1-4-5-6-7-8-12(14)13-10-9-11(2)3;1-4-7-13-8-10(12)11-6-5-9(2)3/h10-11H,4-9H2,1-3H3,(H,13,15);10-11H,4-9H2,1-3H3,(H,13,15);11H,4-10H2,1-3H3,(H,13,14);9H,4-8H2,1-3H3,(H,11,12). The fraction of sp³-hybridized carbons (Fsp3) is 0.913. The zero-order valence-corrected chi connectivity index (χ0v) is 42.2. The number of nitrogens with zero attached hydrogens (tertiary/aromatic N) is 2. The van der Waals surface area contributed by atoms with Gasteiger partial charge in [0.1, 0.15) is 19.3 Å². The van der Waals surface area contributed by atoms with Crippen LogP contribution in [0.1, 0.15) is 179 Å². The van der Waals surface area contributed by atoms with E-state index in [0.717, 1.165) is 51.6 Å². The Balaban J connectivity index is -0.000000379. The molecule has 0 aliphatic rings. The molecule has 0 saturated heterocycles. The summed E-state index contributed by atoms with van der Waals surface area (Å²) in [6.07, 6.45) is 12.4. The van der Waals surface area contributed by atoms with Crippen LogP contribution in [-0.4, -0.2) is 99.1 Å². The predicted molar refractivity (Wildman–Crippen MR) is 253 cm³/mol. The Morgan fingerprint density at radius 3 is 1.36 bits per heavy atom. The van der Waals surface area contributed by atoms with Crippen LogP contribution in [0.5, 0.6) is 0 Å². The van der Waals surface area contributed by atoms with Gasteiger partial charge in [-0.1, -0.05) is 102 Å². The van der Waals surface area contributed by atoms with Gasteiger partial charge in [-0.15, -0.1) is 20.2 Å². The van der Waals surface area contributed by atoms with Crippen molar-refractivity contribution in [2.24, 2.45) is 29.6 Å². The van der Waals surface area contributed by atoms with Gasteiger partial charge in [0.15, 0.2) is 0 Å². The van der Waals surface area contributed by atoms with Crippen LogP contribution in [0.4, 0.5) is 0 Å². The van der Waals surface area contributed by atoms with Gasteiger partial charge in [0.25, 0.3) is 10.2 Å². The van der Waals surface area contributed by atoms with E-state index in [0.29, 0.717) is 95.1 Å². The summed E-state index contributed by atoms with van der Waals surface area (Å²) in [5.74, 6) is 2.57. The maximum absolute atomic E-state index is 11.4. The molecule has 64 heavy (non-hydrogen) atoms. The van der Waals surface area contributed by atoms with Gasteiger partial charge in [-0.25, -0.2) is 0 Å². The van der Waals surface area contributed by atoms with Crippen molar-refractivity contribution in [1.29, 1.82) is 0 Å².